The molecule has 0 aliphatic carbocycles. The predicted molar refractivity (Wildman–Crippen MR) is 88.9 cm³/mol. The van der Waals surface area contributed by atoms with E-state index in [2.05, 4.69) is 42.6 Å². The van der Waals surface area contributed by atoms with E-state index < -0.39 is 0 Å². The molecule has 0 amide bonds. The minimum atomic E-state index is 0.217. The topological polar surface area (TPSA) is 30.5 Å². The van der Waals surface area contributed by atoms with E-state index in [9.17, 15) is 0 Å². The molecule has 22 heavy (non-hydrogen) atoms. The second-order valence-electron chi connectivity index (χ2n) is 5.60. The van der Waals surface area contributed by atoms with E-state index in [-0.39, 0.29) is 6.04 Å². The maximum absolute atomic E-state index is 5.60. The lowest BCUT2D eigenvalue weighted by Crippen LogP contribution is -2.31. The van der Waals surface area contributed by atoms with Gasteiger partial charge in [-0.05, 0) is 35.6 Å². The van der Waals surface area contributed by atoms with Gasteiger partial charge in [-0.2, -0.15) is 0 Å². The van der Waals surface area contributed by atoms with Gasteiger partial charge in [0.2, 0.25) is 0 Å². The molecule has 0 aromatic heterocycles. The first-order chi connectivity index (χ1) is 10.8. The van der Waals surface area contributed by atoms with E-state index in [1.807, 2.05) is 6.07 Å². The SMILES string of the molecule is CCc1ccc(C2NCCc3c2ccc(OC)c3OC)cc1. The molecule has 3 rings (SSSR count). The highest BCUT2D eigenvalue weighted by atomic mass is 16.5. The average molecular weight is 297 g/mol. The zero-order valence-corrected chi connectivity index (χ0v) is 13.5. The molecule has 3 heteroatoms. The Bertz CT molecular complexity index is 649. The first kappa shape index (κ1) is 14.9. The van der Waals surface area contributed by atoms with E-state index in [0.29, 0.717) is 0 Å². The zero-order chi connectivity index (χ0) is 15.5. The fourth-order valence-electron chi connectivity index (χ4n) is 3.23. The van der Waals surface area contributed by atoms with Gasteiger partial charge in [0.1, 0.15) is 0 Å². The Morgan fingerprint density at radius 2 is 1.82 bits per heavy atom. The largest absolute Gasteiger partial charge is 0.493 e. The van der Waals surface area contributed by atoms with Crippen LogP contribution >= 0.6 is 0 Å². The van der Waals surface area contributed by atoms with Gasteiger partial charge in [-0.3, -0.25) is 0 Å². The molecule has 1 atom stereocenters. The predicted octanol–water partition coefficient (Wildman–Crippen LogP) is 3.50. The lowest BCUT2D eigenvalue weighted by Gasteiger charge is -2.29. The van der Waals surface area contributed by atoms with E-state index in [0.717, 1.165) is 30.9 Å². The quantitative estimate of drug-likeness (QED) is 0.937. The van der Waals surface area contributed by atoms with Crippen LogP contribution in [0.4, 0.5) is 0 Å². The summed E-state index contributed by atoms with van der Waals surface area (Å²) in [6, 6.07) is 13.2. The van der Waals surface area contributed by atoms with Crippen LogP contribution < -0.4 is 14.8 Å². The van der Waals surface area contributed by atoms with Crippen molar-refractivity contribution in [1.82, 2.24) is 5.32 Å². The van der Waals surface area contributed by atoms with E-state index in [4.69, 9.17) is 9.47 Å². The fourth-order valence-corrected chi connectivity index (χ4v) is 3.23. The van der Waals surface area contributed by atoms with Crippen molar-refractivity contribution in [1.29, 1.82) is 0 Å². The summed E-state index contributed by atoms with van der Waals surface area (Å²) in [5.41, 5.74) is 5.20. The van der Waals surface area contributed by atoms with Crippen molar-refractivity contribution in [2.75, 3.05) is 20.8 Å². The summed E-state index contributed by atoms with van der Waals surface area (Å²) in [6.45, 7) is 3.12. The Hall–Kier alpha value is -2.00. The van der Waals surface area contributed by atoms with Gasteiger partial charge in [-0.25, -0.2) is 0 Å². The smallest absolute Gasteiger partial charge is 0.164 e. The van der Waals surface area contributed by atoms with Crippen molar-refractivity contribution in [3.63, 3.8) is 0 Å². The zero-order valence-electron chi connectivity index (χ0n) is 13.5. The molecule has 1 N–H and O–H groups in total. The summed E-state index contributed by atoms with van der Waals surface area (Å²) in [5.74, 6) is 1.68. The monoisotopic (exact) mass is 297 g/mol. The molecule has 2 aromatic rings. The average Bonchev–Trinajstić information content (AvgIpc) is 2.60. The van der Waals surface area contributed by atoms with Gasteiger partial charge < -0.3 is 14.8 Å². The molecule has 1 heterocycles. The number of aryl methyl sites for hydroxylation is 1. The maximum Gasteiger partial charge on any atom is 0.164 e. The van der Waals surface area contributed by atoms with Crippen molar-refractivity contribution in [2.45, 2.75) is 25.8 Å². The summed E-state index contributed by atoms with van der Waals surface area (Å²) in [5, 5.41) is 3.62. The van der Waals surface area contributed by atoms with E-state index >= 15 is 0 Å². The highest BCUT2D eigenvalue weighted by Crippen LogP contribution is 2.39. The molecule has 0 saturated carbocycles. The Kier molecular flexibility index (Phi) is 4.34. The van der Waals surface area contributed by atoms with Crippen molar-refractivity contribution in [3.05, 3.63) is 58.7 Å². The first-order valence-electron chi connectivity index (χ1n) is 7.84. The summed E-state index contributed by atoms with van der Waals surface area (Å²) in [6.07, 6.45) is 2.03. The summed E-state index contributed by atoms with van der Waals surface area (Å²) < 4.78 is 11.0. The van der Waals surface area contributed by atoms with Gasteiger partial charge in [-0.1, -0.05) is 37.3 Å². The third-order valence-electron chi connectivity index (χ3n) is 4.44. The molecule has 0 spiro atoms. The molecule has 1 aliphatic heterocycles. The van der Waals surface area contributed by atoms with Gasteiger partial charge in [0.15, 0.2) is 11.5 Å². The van der Waals surface area contributed by atoms with Crippen molar-refractivity contribution >= 4 is 0 Å². The van der Waals surface area contributed by atoms with Crippen LogP contribution in [0.3, 0.4) is 0 Å². The number of ether oxygens (including phenoxy) is 2. The van der Waals surface area contributed by atoms with Crippen LogP contribution in [0.5, 0.6) is 11.5 Å². The normalized spacial score (nSPS) is 17.0. The summed E-state index contributed by atoms with van der Waals surface area (Å²) in [4.78, 5) is 0. The van der Waals surface area contributed by atoms with Crippen LogP contribution in [-0.4, -0.2) is 20.8 Å². The lowest BCUT2D eigenvalue weighted by atomic mass is 9.88. The van der Waals surface area contributed by atoms with Crippen LogP contribution in [0, 0.1) is 0 Å². The van der Waals surface area contributed by atoms with Gasteiger partial charge in [0, 0.05) is 12.1 Å². The van der Waals surface area contributed by atoms with E-state index in [1.54, 1.807) is 14.2 Å². The molecule has 0 fully saturated rings. The van der Waals surface area contributed by atoms with E-state index in [1.165, 1.54) is 22.3 Å². The highest BCUT2D eigenvalue weighted by Gasteiger charge is 2.25. The minimum absolute atomic E-state index is 0.217. The standard InChI is InChI=1S/C19H23NO2/c1-4-13-5-7-14(8-6-13)18-15-9-10-17(21-2)19(22-3)16(15)11-12-20-18/h5-10,18,20H,4,11-12H2,1-3H3. The van der Waals surface area contributed by atoms with Crippen LogP contribution in [0.15, 0.2) is 36.4 Å². The molecule has 0 radical (unpaired) electrons. The maximum atomic E-state index is 5.60. The Balaban J connectivity index is 2.03. The van der Waals surface area contributed by atoms with Crippen LogP contribution in [0.1, 0.15) is 35.2 Å². The highest BCUT2D eigenvalue weighted by molar-refractivity contribution is 5.54. The Morgan fingerprint density at radius 3 is 2.45 bits per heavy atom. The van der Waals surface area contributed by atoms with Crippen LogP contribution in [-0.2, 0) is 12.8 Å². The van der Waals surface area contributed by atoms with Crippen LogP contribution in [0.25, 0.3) is 0 Å². The number of fused-ring (bicyclic) bond motifs is 1. The number of hydrogen-bond donors (Lipinski definition) is 1. The molecular formula is C19H23NO2. The Labute approximate surface area is 132 Å². The molecule has 1 aliphatic rings. The molecule has 3 nitrogen and oxygen atoms in total. The molecule has 2 aromatic carbocycles. The molecule has 1 unspecified atom stereocenters. The second kappa shape index (κ2) is 6.41. The summed E-state index contributed by atoms with van der Waals surface area (Å²) in [7, 11) is 3.40. The van der Waals surface area contributed by atoms with Crippen molar-refractivity contribution in [2.24, 2.45) is 0 Å². The lowest BCUT2D eigenvalue weighted by molar-refractivity contribution is 0.348. The number of hydrogen-bond acceptors (Lipinski definition) is 3. The molecular weight excluding hydrogens is 274 g/mol. The van der Waals surface area contributed by atoms with Gasteiger partial charge in [-0.15, -0.1) is 0 Å². The summed E-state index contributed by atoms with van der Waals surface area (Å²) >= 11 is 0. The van der Waals surface area contributed by atoms with Gasteiger partial charge in [0.25, 0.3) is 0 Å². The van der Waals surface area contributed by atoms with Gasteiger partial charge >= 0.3 is 0 Å². The third-order valence-corrected chi connectivity index (χ3v) is 4.44. The minimum Gasteiger partial charge on any atom is -0.493 e. The molecule has 0 bridgehead atoms. The van der Waals surface area contributed by atoms with Crippen molar-refractivity contribution in [3.8, 4) is 11.5 Å². The molecule has 116 valence electrons. The van der Waals surface area contributed by atoms with Crippen LogP contribution in [0.2, 0.25) is 0 Å². The van der Waals surface area contributed by atoms with Crippen molar-refractivity contribution < 1.29 is 9.47 Å². The number of rotatable bonds is 4. The van der Waals surface area contributed by atoms with Gasteiger partial charge in [0.05, 0.1) is 20.3 Å². The number of nitrogens with one attached hydrogen (secondary N) is 1. The fraction of sp³-hybridized carbons (Fsp3) is 0.368. The number of methoxy groups -OCH3 is 2. The first-order valence-corrected chi connectivity index (χ1v) is 7.84. The third kappa shape index (κ3) is 2.57. The Morgan fingerprint density at radius 1 is 1.05 bits per heavy atom. The second-order valence-corrected chi connectivity index (χ2v) is 5.60. The molecule has 0 saturated heterocycles. The number of benzene rings is 2.